The van der Waals surface area contributed by atoms with Gasteiger partial charge in [-0.15, -0.1) is 0 Å². The summed E-state index contributed by atoms with van der Waals surface area (Å²) in [6.07, 6.45) is 0. The average molecular weight is 260 g/mol. The quantitative estimate of drug-likeness (QED) is 0.459. The van der Waals surface area contributed by atoms with E-state index >= 15 is 0 Å². The van der Waals surface area contributed by atoms with E-state index in [1.807, 2.05) is 10.9 Å². The van der Waals surface area contributed by atoms with Gasteiger partial charge in [0.05, 0.1) is 0 Å². The van der Waals surface area contributed by atoms with Crippen molar-refractivity contribution >= 4 is 45.2 Å². The molecule has 0 unspecified atom stereocenters. The first-order valence-corrected chi connectivity index (χ1v) is 5.76. The summed E-state index contributed by atoms with van der Waals surface area (Å²) < 4.78 is 2.82. The van der Waals surface area contributed by atoms with Crippen LogP contribution >= 0.6 is 11.3 Å². The zero-order chi connectivity index (χ0) is 8.27. The Kier molecular flexibility index (Phi) is 6.39. The van der Waals surface area contributed by atoms with Crippen molar-refractivity contribution in [1.29, 1.82) is 0 Å². The molecule has 1 aromatic heterocycles. The predicted molar refractivity (Wildman–Crippen MR) is 41.6 cm³/mol. The summed E-state index contributed by atoms with van der Waals surface area (Å²) >= 11 is 2.64. The Morgan fingerprint density at radius 2 is 2.42 bits per heavy atom. The smallest absolute Gasteiger partial charge is 1.00 e. The third-order valence-electron chi connectivity index (χ3n) is 1.43. The third kappa shape index (κ3) is 3.53. The van der Waals surface area contributed by atoms with E-state index in [-0.39, 0.29) is 23.5 Å². The first-order valence-electron chi connectivity index (χ1n) is 3.40. The van der Waals surface area contributed by atoms with Crippen LogP contribution < -0.4 is 21.5 Å². The SMILES string of the molecule is O=C(O)C[n+]1cscc1[CH2][Na].[Br-]. The maximum absolute atomic E-state index is 10.3. The molecule has 0 aliphatic heterocycles. The fourth-order valence-corrected chi connectivity index (χ4v) is 2.67. The number of carbonyl (C=O) groups is 1. The minimum absolute atomic E-state index is 0. The molecule has 0 aromatic carbocycles. The summed E-state index contributed by atoms with van der Waals surface area (Å²) in [5.74, 6) is -0.773. The van der Waals surface area contributed by atoms with Gasteiger partial charge < -0.3 is 17.0 Å². The molecule has 0 amide bonds. The Morgan fingerprint density at radius 1 is 1.75 bits per heavy atom. The van der Waals surface area contributed by atoms with Gasteiger partial charge in [0, 0.05) is 0 Å². The molecule has 1 heterocycles. The molecule has 6 heteroatoms. The van der Waals surface area contributed by atoms with Gasteiger partial charge in [0.2, 0.25) is 0 Å². The molecule has 0 atom stereocenters. The number of halogens is 1. The minimum atomic E-state index is -0.773. The zero-order valence-corrected chi connectivity index (χ0v) is 11.1. The second-order valence-electron chi connectivity index (χ2n) is 2.23. The summed E-state index contributed by atoms with van der Waals surface area (Å²) in [7, 11) is 0. The van der Waals surface area contributed by atoms with Crippen LogP contribution in [0.15, 0.2) is 10.9 Å². The van der Waals surface area contributed by atoms with Crippen LogP contribution in [0.25, 0.3) is 0 Å². The molecule has 0 radical (unpaired) electrons. The number of carboxylic acids is 1. The number of hydrogen-bond acceptors (Lipinski definition) is 2. The van der Waals surface area contributed by atoms with Crippen LogP contribution in [-0.2, 0) is 15.0 Å². The summed E-state index contributed by atoms with van der Waals surface area (Å²) in [6.45, 7) is 0.0983. The second kappa shape index (κ2) is 6.10. The number of aromatic nitrogens is 1. The van der Waals surface area contributed by atoms with E-state index in [1.54, 1.807) is 15.9 Å². The first kappa shape index (κ1) is 12.6. The van der Waals surface area contributed by atoms with Crippen molar-refractivity contribution in [3.05, 3.63) is 16.6 Å². The maximum atomic E-state index is 10.3. The molecule has 0 aliphatic rings. The van der Waals surface area contributed by atoms with Gasteiger partial charge in [-0.25, -0.2) is 0 Å². The number of thiazole rings is 1. The van der Waals surface area contributed by atoms with Gasteiger partial charge in [-0.3, -0.25) is 0 Å². The maximum Gasteiger partial charge on any atom is -1.00 e. The van der Waals surface area contributed by atoms with Crippen molar-refractivity contribution < 1.29 is 31.4 Å². The normalized spacial score (nSPS) is 9.17. The van der Waals surface area contributed by atoms with Crippen molar-refractivity contribution in [1.82, 2.24) is 0 Å². The predicted octanol–water partition coefficient (Wildman–Crippen LogP) is -3.21. The molecular formula is C6H7BrNNaO2S. The molecule has 0 fully saturated rings. The molecule has 0 saturated heterocycles. The minimum Gasteiger partial charge on any atom is -1.00 e. The zero-order valence-electron chi connectivity index (χ0n) is 6.66. The van der Waals surface area contributed by atoms with E-state index in [2.05, 4.69) is 0 Å². The fraction of sp³-hybridized carbons (Fsp3) is 0.333. The number of hydrogen-bond donors (Lipinski definition) is 1. The topological polar surface area (TPSA) is 41.2 Å². The summed E-state index contributed by atoms with van der Waals surface area (Å²) in [4.78, 5) is 10.3. The molecule has 0 saturated carbocycles. The van der Waals surface area contributed by atoms with Crippen molar-refractivity contribution in [2.45, 2.75) is 10.2 Å². The Labute approximate surface area is 103 Å². The molecule has 12 heavy (non-hydrogen) atoms. The molecule has 0 spiro atoms. The van der Waals surface area contributed by atoms with Crippen LogP contribution in [0.3, 0.4) is 0 Å². The molecule has 1 rings (SSSR count). The van der Waals surface area contributed by atoms with Crippen LogP contribution in [-0.4, -0.2) is 39.0 Å². The van der Waals surface area contributed by atoms with Crippen molar-refractivity contribution in [2.24, 2.45) is 0 Å². The Morgan fingerprint density at radius 3 is 2.92 bits per heavy atom. The largest absolute Gasteiger partial charge is 1.00 e. The Bertz CT molecular complexity index is 266. The van der Waals surface area contributed by atoms with Crippen LogP contribution in [0.2, 0.25) is 0 Å². The standard InChI is InChI=1S/C6H6NO2S.BrH.Na/c1-5-3-10-4-7(5)2-6(8)9;;/h3-4H,1-2H2;1H;. The van der Waals surface area contributed by atoms with Gasteiger partial charge in [-0.1, -0.05) is 0 Å². The molecule has 0 bridgehead atoms. The van der Waals surface area contributed by atoms with E-state index in [9.17, 15) is 4.79 Å². The molecule has 62 valence electrons. The van der Waals surface area contributed by atoms with Crippen LogP contribution in [0.5, 0.6) is 0 Å². The van der Waals surface area contributed by atoms with Crippen molar-refractivity contribution in [3.8, 4) is 0 Å². The number of aliphatic carboxylic acids is 1. The molecule has 0 aliphatic carbocycles. The Balaban J connectivity index is 0.00000121. The summed E-state index contributed by atoms with van der Waals surface area (Å²) in [5, 5.41) is 10.5. The van der Waals surface area contributed by atoms with E-state index in [0.29, 0.717) is 0 Å². The monoisotopic (exact) mass is 259 g/mol. The fourth-order valence-electron chi connectivity index (χ4n) is 0.889. The third-order valence-corrected chi connectivity index (χ3v) is 2.94. The number of carboxylic acid groups (broad SMARTS) is 1. The van der Waals surface area contributed by atoms with Crippen LogP contribution in [0.4, 0.5) is 0 Å². The van der Waals surface area contributed by atoms with Crippen LogP contribution in [0, 0.1) is 0 Å². The molecule has 3 nitrogen and oxygen atoms in total. The van der Waals surface area contributed by atoms with Crippen LogP contribution in [0.1, 0.15) is 5.69 Å². The van der Waals surface area contributed by atoms with Gasteiger partial charge >= 0.3 is 86.5 Å². The van der Waals surface area contributed by atoms with Gasteiger partial charge in [0.25, 0.3) is 0 Å². The first-order chi connectivity index (χ1) is 5.24. The van der Waals surface area contributed by atoms with E-state index in [1.165, 1.54) is 0 Å². The van der Waals surface area contributed by atoms with Gasteiger partial charge in [-0.05, 0) is 0 Å². The summed E-state index contributed by atoms with van der Waals surface area (Å²) in [5.41, 5.74) is 2.99. The van der Waals surface area contributed by atoms with Gasteiger partial charge in [0.1, 0.15) is 0 Å². The number of nitrogens with zero attached hydrogens (tertiary/aromatic N) is 1. The molecule has 1 aromatic rings. The van der Waals surface area contributed by atoms with E-state index in [4.69, 9.17) is 5.11 Å². The Hall–Kier alpha value is 0.580. The average Bonchev–Trinajstić information content (AvgIpc) is 2.34. The molecular weight excluding hydrogens is 253 g/mol. The molecule has 1 N–H and O–H groups in total. The van der Waals surface area contributed by atoms with E-state index in [0.717, 1.165) is 37.3 Å². The van der Waals surface area contributed by atoms with Crippen molar-refractivity contribution in [2.75, 3.05) is 0 Å². The summed E-state index contributed by atoms with van der Waals surface area (Å²) in [6, 6.07) is 0. The second-order valence-corrected chi connectivity index (χ2v) is 3.65. The van der Waals surface area contributed by atoms with Crippen molar-refractivity contribution in [3.63, 3.8) is 0 Å². The van der Waals surface area contributed by atoms with E-state index < -0.39 is 5.97 Å². The van der Waals surface area contributed by atoms with Gasteiger partial charge in [-0.2, -0.15) is 0 Å². The van der Waals surface area contributed by atoms with Gasteiger partial charge in [0.15, 0.2) is 0 Å². The number of rotatable bonds is 3.